The molecule has 0 radical (unpaired) electrons. The minimum Gasteiger partial charge on any atom is -0.115 e. The Bertz CT molecular complexity index is 477. The smallest absolute Gasteiger partial charge is 0.0271 e. The summed E-state index contributed by atoms with van der Waals surface area (Å²) in [5.74, 6) is 2.60. The molecule has 0 unspecified atom stereocenters. The highest BCUT2D eigenvalue weighted by molar-refractivity contribution is 5.75. The van der Waals surface area contributed by atoms with Crippen LogP contribution in [0, 0.1) is 19.3 Å². The van der Waals surface area contributed by atoms with Gasteiger partial charge in [-0.15, -0.1) is 6.42 Å². The van der Waals surface area contributed by atoms with E-state index in [-0.39, 0.29) is 0 Å². The fourth-order valence-electron chi connectivity index (χ4n) is 1.40. The van der Waals surface area contributed by atoms with Crippen LogP contribution < -0.4 is 0 Å². The van der Waals surface area contributed by atoms with E-state index in [1.54, 1.807) is 0 Å². The third-order valence-electron chi connectivity index (χ3n) is 2.52. The van der Waals surface area contributed by atoms with E-state index in [1.165, 1.54) is 16.7 Å². The highest BCUT2D eigenvalue weighted by Crippen LogP contribution is 2.29. The standard InChI is InChI=1S/C9H8.C6H4/c1-3-9-7-5-4-6-8(9)2;1-2-6-4-3-5(1)6/h1,4-7H,2H3;1-4H. The van der Waals surface area contributed by atoms with Crippen LogP contribution >= 0.6 is 0 Å². The summed E-state index contributed by atoms with van der Waals surface area (Å²) in [6, 6.07) is 16.4. The fourth-order valence-corrected chi connectivity index (χ4v) is 1.40. The number of terminal acetylenes is 1. The molecule has 2 aliphatic rings. The van der Waals surface area contributed by atoms with Crippen molar-refractivity contribution in [1.29, 1.82) is 0 Å². The molecular formula is C15H12. The molecule has 0 aromatic heterocycles. The molecule has 0 N–H and O–H groups in total. The molecule has 0 aliphatic heterocycles. The molecule has 1 aromatic carbocycles. The molecule has 0 spiro atoms. The lowest BCUT2D eigenvalue weighted by Gasteiger charge is -2.10. The van der Waals surface area contributed by atoms with E-state index in [0.29, 0.717) is 0 Å². The Morgan fingerprint density at radius 1 is 0.867 bits per heavy atom. The zero-order valence-electron chi connectivity index (χ0n) is 8.70. The van der Waals surface area contributed by atoms with Crippen LogP contribution in [0.15, 0.2) is 48.5 Å². The van der Waals surface area contributed by atoms with Crippen molar-refractivity contribution in [2.75, 3.05) is 0 Å². The molecule has 1 aromatic rings. The van der Waals surface area contributed by atoms with Crippen LogP contribution in [0.25, 0.3) is 11.1 Å². The van der Waals surface area contributed by atoms with Crippen molar-refractivity contribution >= 4 is 0 Å². The summed E-state index contributed by atoms with van der Waals surface area (Å²) in [4.78, 5) is 0. The second-order valence-electron chi connectivity index (χ2n) is 3.54. The Kier molecular flexibility index (Phi) is 2.56. The van der Waals surface area contributed by atoms with E-state index >= 15 is 0 Å². The first kappa shape index (κ1) is 9.55. The van der Waals surface area contributed by atoms with Crippen LogP contribution in [0.3, 0.4) is 0 Å². The first-order chi connectivity index (χ1) is 7.31. The van der Waals surface area contributed by atoms with E-state index < -0.39 is 0 Å². The van der Waals surface area contributed by atoms with Crippen molar-refractivity contribution in [3.63, 3.8) is 0 Å². The van der Waals surface area contributed by atoms with Crippen molar-refractivity contribution in [2.45, 2.75) is 6.92 Å². The third kappa shape index (κ3) is 1.92. The Labute approximate surface area is 90.6 Å². The number of aryl methyl sites for hydroxylation is 1. The average Bonchev–Trinajstić information content (AvgIpc) is 2.25. The molecule has 0 heterocycles. The van der Waals surface area contributed by atoms with Crippen LogP contribution in [0.5, 0.6) is 0 Å². The molecule has 0 atom stereocenters. The Balaban J connectivity index is 0.000000121. The molecule has 0 nitrogen and oxygen atoms in total. The summed E-state index contributed by atoms with van der Waals surface area (Å²) in [6.45, 7) is 2.01. The second-order valence-corrected chi connectivity index (χ2v) is 3.54. The first-order valence-electron chi connectivity index (χ1n) is 4.94. The molecule has 0 saturated carbocycles. The quantitative estimate of drug-likeness (QED) is 0.477. The number of hydrogen-bond donors (Lipinski definition) is 0. The molecule has 0 saturated heterocycles. The predicted molar refractivity (Wildman–Crippen MR) is 64.6 cm³/mol. The largest absolute Gasteiger partial charge is 0.115 e. The van der Waals surface area contributed by atoms with E-state index in [4.69, 9.17) is 6.42 Å². The van der Waals surface area contributed by atoms with Gasteiger partial charge >= 0.3 is 0 Å². The van der Waals surface area contributed by atoms with Crippen molar-refractivity contribution in [3.8, 4) is 23.5 Å². The van der Waals surface area contributed by atoms with Gasteiger partial charge in [0.15, 0.2) is 0 Å². The zero-order chi connectivity index (χ0) is 10.7. The van der Waals surface area contributed by atoms with E-state index in [2.05, 4.69) is 30.2 Å². The van der Waals surface area contributed by atoms with Gasteiger partial charge in [0.05, 0.1) is 0 Å². The van der Waals surface area contributed by atoms with Crippen LogP contribution in [-0.2, 0) is 0 Å². The molecule has 15 heavy (non-hydrogen) atoms. The second kappa shape index (κ2) is 4.02. The van der Waals surface area contributed by atoms with Gasteiger partial charge in [-0.2, -0.15) is 0 Å². The molecule has 2 aliphatic carbocycles. The number of rotatable bonds is 0. The summed E-state index contributed by atoms with van der Waals surface area (Å²) in [7, 11) is 0. The fraction of sp³-hybridized carbons (Fsp3) is 0.0667. The maximum absolute atomic E-state index is 5.20. The summed E-state index contributed by atoms with van der Waals surface area (Å²) in [5, 5.41) is 0. The summed E-state index contributed by atoms with van der Waals surface area (Å²) in [6.07, 6.45) is 5.20. The van der Waals surface area contributed by atoms with Gasteiger partial charge in [-0.1, -0.05) is 48.4 Å². The lowest BCUT2D eigenvalue weighted by atomic mass is 9.95. The summed E-state index contributed by atoms with van der Waals surface area (Å²) in [5.41, 5.74) is 5.00. The van der Waals surface area contributed by atoms with Gasteiger partial charge in [0.2, 0.25) is 0 Å². The molecule has 0 bridgehead atoms. The number of hydrogen-bond acceptors (Lipinski definition) is 0. The molecule has 0 amide bonds. The predicted octanol–water partition coefficient (Wildman–Crippen LogP) is 3.64. The van der Waals surface area contributed by atoms with Crippen molar-refractivity contribution < 1.29 is 0 Å². The van der Waals surface area contributed by atoms with E-state index in [9.17, 15) is 0 Å². The van der Waals surface area contributed by atoms with E-state index in [1.807, 2.05) is 31.2 Å². The van der Waals surface area contributed by atoms with Gasteiger partial charge in [0.1, 0.15) is 0 Å². The van der Waals surface area contributed by atoms with Crippen molar-refractivity contribution in [3.05, 3.63) is 59.7 Å². The molecular weight excluding hydrogens is 180 g/mol. The van der Waals surface area contributed by atoms with Gasteiger partial charge in [-0.3, -0.25) is 0 Å². The third-order valence-corrected chi connectivity index (χ3v) is 2.52. The maximum atomic E-state index is 5.20. The lowest BCUT2D eigenvalue weighted by Crippen LogP contribution is -1.85. The first-order valence-corrected chi connectivity index (χ1v) is 4.94. The average molecular weight is 192 g/mol. The SMILES string of the molecule is C#Cc1ccccc1C.c1cc2ccc1-2. The zero-order valence-corrected chi connectivity index (χ0v) is 8.70. The van der Waals surface area contributed by atoms with Crippen LogP contribution in [0.1, 0.15) is 11.1 Å². The minimum atomic E-state index is 0.984. The van der Waals surface area contributed by atoms with Crippen molar-refractivity contribution in [1.82, 2.24) is 0 Å². The molecule has 3 rings (SSSR count). The van der Waals surface area contributed by atoms with Gasteiger partial charge < -0.3 is 0 Å². The number of fused-ring (bicyclic) bond motifs is 1. The molecule has 0 fully saturated rings. The van der Waals surface area contributed by atoms with Crippen LogP contribution in [-0.4, -0.2) is 0 Å². The van der Waals surface area contributed by atoms with Crippen molar-refractivity contribution in [2.24, 2.45) is 0 Å². The minimum absolute atomic E-state index is 0.984. The maximum Gasteiger partial charge on any atom is 0.0271 e. The molecule has 0 heteroatoms. The Hall–Kier alpha value is -2.00. The van der Waals surface area contributed by atoms with E-state index in [0.717, 1.165) is 5.56 Å². The highest BCUT2D eigenvalue weighted by atomic mass is 14.1. The number of benzene rings is 2. The van der Waals surface area contributed by atoms with Crippen LogP contribution in [0.4, 0.5) is 0 Å². The Morgan fingerprint density at radius 3 is 1.67 bits per heavy atom. The van der Waals surface area contributed by atoms with Gasteiger partial charge in [0, 0.05) is 5.56 Å². The van der Waals surface area contributed by atoms with Gasteiger partial charge in [-0.05, 0) is 29.7 Å². The van der Waals surface area contributed by atoms with Gasteiger partial charge in [0.25, 0.3) is 0 Å². The molecule has 72 valence electrons. The summed E-state index contributed by atoms with van der Waals surface area (Å²) >= 11 is 0. The lowest BCUT2D eigenvalue weighted by molar-refractivity contribution is 1.44. The van der Waals surface area contributed by atoms with Crippen LogP contribution in [0.2, 0.25) is 0 Å². The highest BCUT2D eigenvalue weighted by Gasteiger charge is 2.03. The van der Waals surface area contributed by atoms with Gasteiger partial charge in [-0.25, -0.2) is 0 Å². The normalized spacial score (nSPS) is 9.60. The topological polar surface area (TPSA) is 0 Å². The summed E-state index contributed by atoms with van der Waals surface area (Å²) < 4.78 is 0. The Morgan fingerprint density at radius 2 is 1.40 bits per heavy atom. The monoisotopic (exact) mass is 192 g/mol.